The highest BCUT2D eigenvalue weighted by Crippen LogP contribution is 2.23. The fourth-order valence-electron chi connectivity index (χ4n) is 1.79. The van der Waals surface area contributed by atoms with Crippen molar-refractivity contribution in [3.8, 4) is 5.75 Å². The third-order valence-corrected chi connectivity index (χ3v) is 2.88. The molecule has 0 heterocycles. The molecule has 0 saturated carbocycles. The summed E-state index contributed by atoms with van der Waals surface area (Å²) in [6, 6.07) is 12.7. The van der Waals surface area contributed by atoms with Crippen LogP contribution in [0.2, 0.25) is 0 Å². The number of phenolic OH excluding ortho intramolecular Hbond substituents is 1. The minimum atomic E-state index is -0.785. The Kier molecular flexibility index (Phi) is 4.50. The highest BCUT2D eigenvalue weighted by Gasteiger charge is 2.17. The lowest BCUT2D eigenvalue weighted by molar-refractivity contribution is -0.384. The SMILES string of the molecule is O=C(OCCc1ccccc1)c1cc([N+](=O)[O-])ccc1O. The first kappa shape index (κ1) is 14.5. The first-order valence-electron chi connectivity index (χ1n) is 6.26. The molecule has 0 aliphatic rings. The predicted octanol–water partition coefficient (Wildman–Crippen LogP) is 2.70. The van der Waals surface area contributed by atoms with Gasteiger partial charge in [-0.15, -0.1) is 0 Å². The van der Waals surface area contributed by atoms with Crippen molar-refractivity contribution in [2.24, 2.45) is 0 Å². The van der Waals surface area contributed by atoms with Gasteiger partial charge in [0.15, 0.2) is 0 Å². The maximum Gasteiger partial charge on any atom is 0.342 e. The molecule has 0 aliphatic heterocycles. The Morgan fingerprint density at radius 2 is 1.90 bits per heavy atom. The van der Waals surface area contributed by atoms with Crippen LogP contribution in [0.1, 0.15) is 15.9 Å². The fraction of sp³-hybridized carbons (Fsp3) is 0.133. The number of nitrogens with zero attached hydrogens (tertiary/aromatic N) is 1. The molecule has 2 aromatic rings. The van der Waals surface area contributed by atoms with E-state index in [1.54, 1.807) is 0 Å². The van der Waals surface area contributed by atoms with Gasteiger partial charge in [0.2, 0.25) is 0 Å². The van der Waals surface area contributed by atoms with Crippen LogP contribution in [0.15, 0.2) is 48.5 Å². The lowest BCUT2D eigenvalue weighted by atomic mass is 10.1. The zero-order chi connectivity index (χ0) is 15.2. The minimum Gasteiger partial charge on any atom is -0.507 e. The number of hydrogen-bond acceptors (Lipinski definition) is 5. The molecule has 0 unspecified atom stereocenters. The van der Waals surface area contributed by atoms with Crippen molar-refractivity contribution in [3.05, 3.63) is 69.8 Å². The van der Waals surface area contributed by atoms with Gasteiger partial charge in [-0.2, -0.15) is 0 Å². The number of carbonyl (C=O) groups excluding carboxylic acids is 1. The molecule has 0 aromatic heterocycles. The van der Waals surface area contributed by atoms with Gasteiger partial charge in [0.25, 0.3) is 5.69 Å². The molecule has 2 aromatic carbocycles. The molecule has 2 rings (SSSR count). The molecule has 0 saturated heterocycles. The zero-order valence-electron chi connectivity index (χ0n) is 11.1. The van der Waals surface area contributed by atoms with E-state index in [9.17, 15) is 20.0 Å². The Morgan fingerprint density at radius 1 is 1.19 bits per heavy atom. The first-order chi connectivity index (χ1) is 10.1. The van der Waals surface area contributed by atoms with Gasteiger partial charge < -0.3 is 9.84 Å². The van der Waals surface area contributed by atoms with Crippen LogP contribution in [-0.4, -0.2) is 22.6 Å². The molecule has 0 atom stereocenters. The number of phenols is 1. The minimum absolute atomic E-state index is 0.130. The number of ether oxygens (including phenoxy) is 1. The van der Waals surface area contributed by atoms with E-state index in [1.165, 1.54) is 0 Å². The van der Waals surface area contributed by atoms with Crippen molar-refractivity contribution in [1.82, 2.24) is 0 Å². The van der Waals surface area contributed by atoms with Crippen molar-refractivity contribution in [2.45, 2.75) is 6.42 Å². The van der Waals surface area contributed by atoms with Crippen LogP contribution in [-0.2, 0) is 11.2 Å². The fourth-order valence-corrected chi connectivity index (χ4v) is 1.79. The van der Waals surface area contributed by atoms with Gasteiger partial charge in [0.1, 0.15) is 11.3 Å². The number of carbonyl (C=O) groups is 1. The highest BCUT2D eigenvalue weighted by molar-refractivity contribution is 5.93. The van der Waals surface area contributed by atoms with Crippen molar-refractivity contribution in [2.75, 3.05) is 6.61 Å². The summed E-state index contributed by atoms with van der Waals surface area (Å²) in [5, 5.41) is 20.2. The van der Waals surface area contributed by atoms with Gasteiger partial charge >= 0.3 is 5.97 Å². The summed E-state index contributed by atoms with van der Waals surface area (Å²) in [6.07, 6.45) is 0.530. The summed E-state index contributed by atoms with van der Waals surface area (Å²) >= 11 is 0. The molecule has 6 nitrogen and oxygen atoms in total. The van der Waals surface area contributed by atoms with Crippen LogP contribution in [0, 0.1) is 10.1 Å². The van der Waals surface area contributed by atoms with E-state index in [2.05, 4.69) is 0 Å². The Morgan fingerprint density at radius 3 is 2.57 bits per heavy atom. The van der Waals surface area contributed by atoms with E-state index in [1.807, 2.05) is 30.3 Å². The largest absolute Gasteiger partial charge is 0.507 e. The Bertz CT molecular complexity index is 654. The van der Waals surface area contributed by atoms with E-state index in [0.717, 1.165) is 23.8 Å². The van der Waals surface area contributed by atoms with E-state index < -0.39 is 10.9 Å². The number of hydrogen-bond donors (Lipinski definition) is 1. The average molecular weight is 287 g/mol. The summed E-state index contributed by atoms with van der Waals surface area (Å²) in [5.41, 5.74) is 0.522. The number of benzene rings is 2. The van der Waals surface area contributed by atoms with E-state index >= 15 is 0 Å². The molecule has 0 bridgehead atoms. The molecular formula is C15H13NO5. The standard InChI is InChI=1S/C15H13NO5/c17-14-7-6-12(16(19)20)10-13(14)15(18)21-9-8-11-4-2-1-3-5-11/h1-7,10,17H,8-9H2. The maximum absolute atomic E-state index is 11.8. The lowest BCUT2D eigenvalue weighted by Crippen LogP contribution is -2.09. The van der Waals surface area contributed by atoms with E-state index in [4.69, 9.17) is 4.74 Å². The van der Waals surface area contributed by atoms with Crippen molar-refractivity contribution in [3.63, 3.8) is 0 Å². The van der Waals surface area contributed by atoms with Gasteiger partial charge in [-0.05, 0) is 11.6 Å². The molecule has 108 valence electrons. The van der Waals surface area contributed by atoms with Gasteiger partial charge in [-0.1, -0.05) is 30.3 Å². The van der Waals surface area contributed by atoms with Crippen LogP contribution in [0.3, 0.4) is 0 Å². The molecule has 1 N–H and O–H groups in total. The van der Waals surface area contributed by atoms with Gasteiger partial charge in [-0.25, -0.2) is 4.79 Å². The second-order valence-electron chi connectivity index (χ2n) is 4.33. The summed E-state index contributed by atoms with van der Waals surface area (Å²) in [7, 11) is 0. The van der Waals surface area contributed by atoms with Gasteiger partial charge in [-0.3, -0.25) is 10.1 Å². The van der Waals surface area contributed by atoms with Gasteiger partial charge in [0.05, 0.1) is 11.5 Å². The van der Waals surface area contributed by atoms with Gasteiger partial charge in [0, 0.05) is 18.6 Å². The highest BCUT2D eigenvalue weighted by atomic mass is 16.6. The molecule has 21 heavy (non-hydrogen) atoms. The quantitative estimate of drug-likeness (QED) is 0.518. The summed E-state index contributed by atoms with van der Waals surface area (Å²) < 4.78 is 5.03. The normalized spacial score (nSPS) is 10.1. The second-order valence-corrected chi connectivity index (χ2v) is 4.33. The molecule has 0 aliphatic carbocycles. The van der Waals surface area contributed by atoms with Crippen LogP contribution in [0.5, 0.6) is 5.75 Å². The van der Waals surface area contributed by atoms with Crippen LogP contribution in [0.4, 0.5) is 5.69 Å². The third-order valence-electron chi connectivity index (χ3n) is 2.88. The molecule has 0 fully saturated rings. The van der Waals surface area contributed by atoms with Crippen LogP contribution < -0.4 is 0 Å². The third kappa shape index (κ3) is 3.79. The van der Waals surface area contributed by atoms with Crippen LogP contribution >= 0.6 is 0 Å². The molecule has 0 radical (unpaired) electrons. The molecule has 0 spiro atoms. The topological polar surface area (TPSA) is 89.7 Å². The van der Waals surface area contributed by atoms with Crippen LogP contribution in [0.25, 0.3) is 0 Å². The van der Waals surface area contributed by atoms with Crippen molar-refractivity contribution in [1.29, 1.82) is 0 Å². The van der Waals surface area contributed by atoms with Crippen molar-refractivity contribution >= 4 is 11.7 Å². The summed E-state index contributed by atoms with van der Waals surface area (Å²) in [6.45, 7) is 0.130. The number of nitro benzene ring substituents is 1. The first-order valence-corrected chi connectivity index (χ1v) is 6.26. The Balaban J connectivity index is 2.00. The van der Waals surface area contributed by atoms with Crippen molar-refractivity contribution < 1.29 is 19.6 Å². The lowest BCUT2D eigenvalue weighted by Gasteiger charge is -2.06. The molecule has 6 heteroatoms. The second kappa shape index (κ2) is 6.51. The average Bonchev–Trinajstić information content (AvgIpc) is 2.48. The van der Waals surface area contributed by atoms with E-state index in [-0.39, 0.29) is 23.6 Å². The molecular weight excluding hydrogens is 274 g/mol. The van der Waals surface area contributed by atoms with E-state index in [0.29, 0.717) is 6.42 Å². The number of aromatic hydroxyl groups is 1. The zero-order valence-corrected chi connectivity index (χ0v) is 11.1. The smallest absolute Gasteiger partial charge is 0.342 e. The number of nitro groups is 1. The number of rotatable bonds is 5. The number of non-ortho nitro benzene ring substituents is 1. The Labute approximate surface area is 120 Å². The monoisotopic (exact) mass is 287 g/mol. The molecule has 0 amide bonds. The summed E-state index contributed by atoms with van der Waals surface area (Å²) in [4.78, 5) is 21.8. The number of esters is 1. The Hall–Kier alpha value is -2.89. The summed E-state index contributed by atoms with van der Waals surface area (Å²) in [5.74, 6) is -1.13. The predicted molar refractivity (Wildman–Crippen MR) is 75.2 cm³/mol. The maximum atomic E-state index is 11.8.